The van der Waals surface area contributed by atoms with E-state index in [9.17, 15) is 4.39 Å². The summed E-state index contributed by atoms with van der Waals surface area (Å²) < 4.78 is 24.1. The molecule has 5 nitrogen and oxygen atoms in total. The predicted molar refractivity (Wildman–Crippen MR) is 89.4 cm³/mol. The van der Waals surface area contributed by atoms with Crippen molar-refractivity contribution in [2.24, 2.45) is 4.99 Å². The van der Waals surface area contributed by atoms with Gasteiger partial charge in [0.2, 0.25) is 0 Å². The first-order valence-electron chi connectivity index (χ1n) is 7.77. The predicted octanol–water partition coefficient (Wildman–Crippen LogP) is 2.34. The second-order valence-corrected chi connectivity index (χ2v) is 5.72. The third-order valence-corrected chi connectivity index (χ3v) is 3.81. The van der Waals surface area contributed by atoms with Gasteiger partial charge in [-0.25, -0.2) is 4.39 Å². The molecule has 1 fully saturated rings. The Hall–Kier alpha value is -1.37. The fourth-order valence-corrected chi connectivity index (χ4v) is 2.43. The highest BCUT2D eigenvalue weighted by molar-refractivity contribution is 6.30. The van der Waals surface area contributed by atoms with E-state index in [2.05, 4.69) is 15.6 Å². The van der Waals surface area contributed by atoms with Crippen molar-refractivity contribution in [3.63, 3.8) is 0 Å². The number of nitrogens with zero attached hydrogens (tertiary/aromatic N) is 1. The molecule has 1 unspecified atom stereocenters. The number of hydrogen-bond donors (Lipinski definition) is 2. The minimum absolute atomic E-state index is 0.125. The van der Waals surface area contributed by atoms with Crippen LogP contribution in [0.1, 0.15) is 18.4 Å². The van der Waals surface area contributed by atoms with Crippen LogP contribution in [0.15, 0.2) is 23.2 Å². The normalized spacial score (nSPS) is 18.2. The van der Waals surface area contributed by atoms with Crippen LogP contribution in [0, 0.1) is 5.82 Å². The average molecular weight is 344 g/mol. The Kier molecular flexibility index (Phi) is 7.58. The smallest absolute Gasteiger partial charge is 0.191 e. The molecule has 23 heavy (non-hydrogen) atoms. The molecule has 0 aromatic heterocycles. The van der Waals surface area contributed by atoms with Crippen molar-refractivity contribution < 1.29 is 13.9 Å². The van der Waals surface area contributed by atoms with Crippen LogP contribution in [0.25, 0.3) is 0 Å². The van der Waals surface area contributed by atoms with Crippen molar-refractivity contribution in [2.75, 3.05) is 33.4 Å². The molecule has 0 aliphatic carbocycles. The Morgan fingerprint density at radius 2 is 2.35 bits per heavy atom. The molecule has 1 saturated heterocycles. The summed E-state index contributed by atoms with van der Waals surface area (Å²) in [6.45, 7) is 3.49. The molecule has 7 heteroatoms. The second-order valence-electron chi connectivity index (χ2n) is 5.31. The molecule has 0 saturated carbocycles. The molecule has 1 aliphatic rings. The molecule has 0 radical (unpaired) electrons. The first kappa shape index (κ1) is 18.0. The highest BCUT2D eigenvalue weighted by atomic mass is 35.5. The van der Waals surface area contributed by atoms with E-state index in [0.29, 0.717) is 25.7 Å². The van der Waals surface area contributed by atoms with E-state index in [-0.39, 0.29) is 11.1 Å². The third kappa shape index (κ3) is 6.33. The van der Waals surface area contributed by atoms with E-state index in [1.165, 1.54) is 6.07 Å². The Morgan fingerprint density at radius 3 is 3.04 bits per heavy atom. The van der Waals surface area contributed by atoms with Crippen LogP contribution in [0.2, 0.25) is 5.02 Å². The molecule has 0 spiro atoms. The number of aliphatic imine (C=N–C) groups is 1. The van der Waals surface area contributed by atoms with Crippen LogP contribution >= 0.6 is 11.6 Å². The van der Waals surface area contributed by atoms with Crippen molar-refractivity contribution in [2.45, 2.75) is 25.5 Å². The highest BCUT2D eigenvalue weighted by Gasteiger charge is 2.15. The van der Waals surface area contributed by atoms with Crippen molar-refractivity contribution in [3.05, 3.63) is 34.6 Å². The van der Waals surface area contributed by atoms with Gasteiger partial charge in [-0.05, 0) is 30.5 Å². The molecule has 128 valence electrons. The minimum Gasteiger partial charge on any atom is -0.379 e. The number of halogens is 2. The van der Waals surface area contributed by atoms with E-state index >= 15 is 0 Å². The molecular weight excluding hydrogens is 321 g/mol. The van der Waals surface area contributed by atoms with Crippen LogP contribution in [0.5, 0.6) is 0 Å². The molecule has 1 aliphatic heterocycles. The third-order valence-electron chi connectivity index (χ3n) is 3.52. The Morgan fingerprint density at radius 1 is 1.48 bits per heavy atom. The Bertz CT molecular complexity index is 522. The summed E-state index contributed by atoms with van der Waals surface area (Å²) in [5.74, 6) is 0.278. The molecule has 2 rings (SSSR count). The van der Waals surface area contributed by atoms with Gasteiger partial charge >= 0.3 is 0 Å². The monoisotopic (exact) mass is 343 g/mol. The van der Waals surface area contributed by atoms with Gasteiger partial charge in [0.15, 0.2) is 5.96 Å². The summed E-state index contributed by atoms with van der Waals surface area (Å²) in [4.78, 5) is 4.14. The zero-order valence-corrected chi connectivity index (χ0v) is 14.0. The van der Waals surface area contributed by atoms with E-state index in [4.69, 9.17) is 21.1 Å². The fourth-order valence-electron chi connectivity index (χ4n) is 2.23. The molecule has 0 amide bonds. The van der Waals surface area contributed by atoms with Gasteiger partial charge in [0.05, 0.1) is 17.7 Å². The quantitative estimate of drug-likeness (QED) is 0.453. The maximum atomic E-state index is 13.1. The zero-order chi connectivity index (χ0) is 16.5. The molecule has 1 aromatic carbocycles. The lowest BCUT2D eigenvalue weighted by atomic mass is 10.2. The van der Waals surface area contributed by atoms with Crippen LogP contribution in [-0.4, -0.2) is 45.5 Å². The molecule has 0 bridgehead atoms. The number of hydrogen-bond acceptors (Lipinski definition) is 3. The van der Waals surface area contributed by atoms with Crippen molar-refractivity contribution in [1.82, 2.24) is 10.6 Å². The van der Waals surface area contributed by atoms with Gasteiger partial charge in [-0.15, -0.1) is 0 Å². The number of rotatable bonds is 7. The molecule has 2 N–H and O–H groups in total. The second kappa shape index (κ2) is 9.70. The van der Waals surface area contributed by atoms with E-state index in [1.54, 1.807) is 19.2 Å². The van der Waals surface area contributed by atoms with Gasteiger partial charge in [-0.3, -0.25) is 4.99 Å². The standard InChI is InChI=1S/C16H23ClFN3O2/c1-19-16(20-6-2-7-23-13-5-8-22-11-13)21-10-12-3-4-15(18)14(17)9-12/h3-4,9,13H,2,5-8,10-11H2,1H3,(H2,19,20,21). The van der Waals surface area contributed by atoms with Crippen molar-refractivity contribution >= 4 is 17.6 Å². The lowest BCUT2D eigenvalue weighted by Gasteiger charge is -2.13. The first-order chi connectivity index (χ1) is 11.2. The van der Waals surface area contributed by atoms with E-state index in [0.717, 1.165) is 31.6 Å². The van der Waals surface area contributed by atoms with Gasteiger partial charge in [0, 0.05) is 33.4 Å². The van der Waals surface area contributed by atoms with Crippen molar-refractivity contribution in [1.29, 1.82) is 0 Å². The van der Waals surface area contributed by atoms with Gasteiger partial charge in [-0.1, -0.05) is 17.7 Å². The van der Waals surface area contributed by atoms with Gasteiger partial charge in [-0.2, -0.15) is 0 Å². The van der Waals surface area contributed by atoms with Gasteiger partial charge in [0.25, 0.3) is 0 Å². The highest BCUT2D eigenvalue weighted by Crippen LogP contribution is 2.15. The lowest BCUT2D eigenvalue weighted by molar-refractivity contribution is 0.0420. The summed E-state index contributed by atoms with van der Waals surface area (Å²) in [6, 6.07) is 4.66. The summed E-state index contributed by atoms with van der Waals surface area (Å²) in [7, 11) is 1.71. The largest absolute Gasteiger partial charge is 0.379 e. The maximum Gasteiger partial charge on any atom is 0.191 e. The molecule has 1 aromatic rings. The van der Waals surface area contributed by atoms with Crippen LogP contribution in [0.3, 0.4) is 0 Å². The molecular formula is C16H23ClFN3O2. The summed E-state index contributed by atoms with van der Waals surface area (Å²) in [5.41, 5.74) is 0.893. The number of nitrogens with one attached hydrogen (secondary N) is 2. The van der Waals surface area contributed by atoms with Gasteiger partial charge in [0.1, 0.15) is 5.82 Å². The van der Waals surface area contributed by atoms with Crippen molar-refractivity contribution in [3.8, 4) is 0 Å². The first-order valence-corrected chi connectivity index (χ1v) is 8.14. The van der Waals surface area contributed by atoms with Crippen LogP contribution in [-0.2, 0) is 16.0 Å². The van der Waals surface area contributed by atoms with E-state index in [1.807, 2.05) is 0 Å². The number of ether oxygens (including phenoxy) is 2. The average Bonchev–Trinajstić information content (AvgIpc) is 3.06. The summed E-state index contributed by atoms with van der Waals surface area (Å²) >= 11 is 5.76. The fraction of sp³-hybridized carbons (Fsp3) is 0.562. The van der Waals surface area contributed by atoms with E-state index < -0.39 is 5.82 Å². The summed E-state index contributed by atoms with van der Waals surface area (Å²) in [6.07, 6.45) is 2.12. The van der Waals surface area contributed by atoms with Crippen LogP contribution in [0.4, 0.5) is 4.39 Å². The zero-order valence-electron chi connectivity index (χ0n) is 13.3. The summed E-state index contributed by atoms with van der Waals surface area (Å²) in [5, 5.41) is 6.50. The Labute approximate surface area is 141 Å². The van der Waals surface area contributed by atoms with Gasteiger partial charge < -0.3 is 20.1 Å². The SMILES string of the molecule is CN=C(NCCCOC1CCOC1)NCc1ccc(F)c(Cl)c1. The topological polar surface area (TPSA) is 54.9 Å². The minimum atomic E-state index is -0.411. The number of benzene rings is 1. The lowest BCUT2D eigenvalue weighted by Crippen LogP contribution is -2.37. The van der Waals surface area contributed by atoms with Crippen LogP contribution < -0.4 is 10.6 Å². The number of guanidine groups is 1. The Balaban J connectivity index is 1.61. The molecule has 1 heterocycles. The molecule has 1 atom stereocenters. The maximum absolute atomic E-state index is 13.1.